The standard InChI is InChI=1S/C13H16ClNO4S/c1-2-3-9-19-10-8-15-13(16)11-4-6-12(7-5-11)20(14,17)18/h2,4-7H,1,3,8-10H2,(H,15,16). The van der Waals surface area contributed by atoms with Gasteiger partial charge in [-0.1, -0.05) is 6.08 Å². The lowest BCUT2D eigenvalue weighted by atomic mass is 10.2. The van der Waals surface area contributed by atoms with E-state index < -0.39 is 9.05 Å². The highest BCUT2D eigenvalue weighted by Gasteiger charge is 2.11. The summed E-state index contributed by atoms with van der Waals surface area (Å²) < 4.78 is 27.3. The maximum absolute atomic E-state index is 11.7. The molecule has 5 nitrogen and oxygen atoms in total. The first kappa shape index (κ1) is 16.7. The molecular weight excluding hydrogens is 302 g/mol. The number of nitrogens with one attached hydrogen (secondary N) is 1. The number of ether oxygens (including phenoxy) is 1. The molecule has 0 aliphatic heterocycles. The SMILES string of the molecule is C=CCCOCCNC(=O)c1ccc(S(=O)(=O)Cl)cc1. The first-order chi connectivity index (χ1) is 9.45. The van der Waals surface area contributed by atoms with Crippen LogP contribution in [0.15, 0.2) is 41.8 Å². The van der Waals surface area contributed by atoms with Crippen molar-refractivity contribution < 1.29 is 17.9 Å². The van der Waals surface area contributed by atoms with E-state index in [0.29, 0.717) is 25.3 Å². The minimum Gasteiger partial charge on any atom is -0.379 e. The lowest BCUT2D eigenvalue weighted by molar-refractivity contribution is 0.0918. The number of carbonyl (C=O) groups is 1. The average molecular weight is 318 g/mol. The highest BCUT2D eigenvalue weighted by molar-refractivity contribution is 8.13. The predicted octanol–water partition coefficient (Wildman–Crippen LogP) is 1.94. The molecule has 1 amide bonds. The zero-order valence-corrected chi connectivity index (χ0v) is 12.4. The Balaban J connectivity index is 2.42. The van der Waals surface area contributed by atoms with Gasteiger partial charge in [0.15, 0.2) is 0 Å². The number of benzene rings is 1. The molecule has 0 aliphatic rings. The van der Waals surface area contributed by atoms with Gasteiger partial charge in [-0.2, -0.15) is 0 Å². The van der Waals surface area contributed by atoms with E-state index in [1.54, 1.807) is 6.08 Å². The summed E-state index contributed by atoms with van der Waals surface area (Å²) in [4.78, 5) is 11.7. The Hall–Kier alpha value is -1.37. The zero-order valence-electron chi connectivity index (χ0n) is 10.8. The molecule has 0 heterocycles. The molecule has 0 saturated carbocycles. The molecule has 1 aromatic rings. The molecule has 20 heavy (non-hydrogen) atoms. The van der Waals surface area contributed by atoms with Crippen molar-refractivity contribution in [2.24, 2.45) is 0 Å². The third-order valence-corrected chi connectivity index (χ3v) is 3.77. The molecule has 0 unspecified atom stereocenters. The van der Waals surface area contributed by atoms with Crippen molar-refractivity contribution in [1.29, 1.82) is 0 Å². The summed E-state index contributed by atoms with van der Waals surface area (Å²) >= 11 is 0. The zero-order chi connectivity index (χ0) is 15.0. The van der Waals surface area contributed by atoms with Crippen LogP contribution in [0.2, 0.25) is 0 Å². The number of halogens is 1. The van der Waals surface area contributed by atoms with Crippen molar-refractivity contribution in [1.82, 2.24) is 5.32 Å². The molecule has 0 aliphatic carbocycles. The molecule has 1 rings (SSSR count). The second-order valence-corrected chi connectivity index (χ2v) is 6.47. The van der Waals surface area contributed by atoms with Gasteiger partial charge in [-0.05, 0) is 30.7 Å². The van der Waals surface area contributed by atoms with Gasteiger partial charge in [0, 0.05) is 22.8 Å². The minimum absolute atomic E-state index is 0.0384. The first-order valence-electron chi connectivity index (χ1n) is 5.96. The summed E-state index contributed by atoms with van der Waals surface area (Å²) in [6, 6.07) is 5.39. The van der Waals surface area contributed by atoms with Gasteiger partial charge in [0.2, 0.25) is 0 Å². The monoisotopic (exact) mass is 317 g/mol. The van der Waals surface area contributed by atoms with Crippen LogP contribution >= 0.6 is 10.7 Å². The lowest BCUT2D eigenvalue weighted by Gasteiger charge is -2.06. The van der Waals surface area contributed by atoms with Crippen molar-refractivity contribution in [2.45, 2.75) is 11.3 Å². The van der Waals surface area contributed by atoms with Crippen LogP contribution in [0.25, 0.3) is 0 Å². The summed E-state index contributed by atoms with van der Waals surface area (Å²) in [5, 5.41) is 2.66. The van der Waals surface area contributed by atoms with Crippen LogP contribution in [-0.2, 0) is 13.8 Å². The number of amides is 1. The Labute approximate surface area is 123 Å². The van der Waals surface area contributed by atoms with Crippen molar-refractivity contribution in [3.63, 3.8) is 0 Å². The number of hydrogen-bond donors (Lipinski definition) is 1. The molecule has 0 aromatic heterocycles. The third-order valence-electron chi connectivity index (χ3n) is 2.40. The molecule has 0 spiro atoms. The van der Waals surface area contributed by atoms with Gasteiger partial charge < -0.3 is 10.1 Å². The average Bonchev–Trinajstić information content (AvgIpc) is 2.41. The van der Waals surface area contributed by atoms with E-state index in [2.05, 4.69) is 11.9 Å². The lowest BCUT2D eigenvalue weighted by Crippen LogP contribution is -2.27. The second-order valence-electron chi connectivity index (χ2n) is 3.91. The van der Waals surface area contributed by atoms with Crippen molar-refractivity contribution >= 4 is 25.6 Å². The van der Waals surface area contributed by atoms with E-state index in [1.165, 1.54) is 24.3 Å². The van der Waals surface area contributed by atoms with Crippen molar-refractivity contribution in [3.05, 3.63) is 42.5 Å². The Bertz CT molecular complexity index is 554. The summed E-state index contributed by atoms with van der Waals surface area (Å²) in [7, 11) is 1.42. The Kier molecular flexibility index (Phi) is 6.70. The summed E-state index contributed by atoms with van der Waals surface area (Å²) in [6.07, 6.45) is 2.52. The number of carbonyl (C=O) groups excluding carboxylic acids is 1. The highest BCUT2D eigenvalue weighted by atomic mass is 35.7. The van der Waals surface area contributed by atoms with E-state index in [1.807, 2.05) is 0 Å². The van der Waals surface area contributed by atoms with Crippen molar-refractivity contribution in [3.8, 4) is 0 Å². The molecule has 1 aromatic carbocycles. The summed E-state index contributed by atoms with van der Waals surface area (Å²) in [6.45, 7) is 4.93. The molecule has 0 saturated heterocycles. The molecule has 0 atom stereocenters. The third kappa shape index (κ3) is 5.73. The minimum atomic E-state index is -3.76. The topological polar surface area (TPSA) is 72.5 Å². The Morgan fingerprint density at radius 1 is 1.30 bits per heavy atom. The van der Waals surface area contributed by atoms with Crippen LogP contribution in [0.4, 0.5) is 0 Å². The summed E-state index contributed by atoms with van der Waals surface area (Å²) in [5.74, 6) is -0.296. The van der Waals surface area contributed by atoms with E-state index in [0.717, 1.165) is 6.42 Å². The van der Waals surface area contributed by atoms with E-state index in [-0.39, 0.29) is 10.8 Å². The fourth-order valence-corrected chi connectivity index (χ4v) is 2.15. The smallest absolute Gasteiger partial charge is 0.261 e. The number of rotatable bonds is 8. The fraction of sp³-hybridized carbons (Fsp3) is 0.308. The van der Waals surface area contributed by atoms with Gasteiger partial charge in [0.25, 0.3) is 15.0 Å². The van der Waals surface area contributed by atoms with Crippen LogP contribution < -0.4 is 5.32 Å². The van der Waals surface area contributed by atoms with Crippen LogP contribution in [0, 0.1) is 0 Å². The molecule has 110 valence electrons. The largest absolute Gasteiger partial charge is 0.379 e. The molecule has 0 radical (unpaired) electrons. The second kappa shape index (κ2) is 8.04. The quantitative estimate of drug-likeness (QED) is 0.452. The molecule has 0 bridgehead atoms. The fourth-order valence-electron chi connectivity index (χ4n) is 1.38. The maximum Gasteiger partial charge on any atom is 0.261 e. The van der Waals surface area contributed by atoms with E-state index in [9.17, 15) is 13.2 Å². The van der Waals surface area contributed by atoms with Gasteiger partial charge in [-0.15, -0.1) is 6.58 Å². The Morgan fingerprint density at radius 2 is 1.95 bits per heavy atom. The van der Waals surface area contributed by atoms with Crippen LogP contribution in [0.1, 0.15) is 16.8 Å². The molecule has 7 heteroatoms. The van der Waals surface area contributed by atoms with Crippen LogP contribution in [-0.4, -0.2) is 34.1 Å². The van der Waals surface area contributed by atoms with Crippen LogP contribution in [0.5, 0.6) is 0 Å². The molecule has 1 N–H and O–H groups in total. The van der Waals surface area contributed by atoms with Crippen molar-refractivity contribution in [2.75, 3.05) is 19.8 Å². The van der Waals surface area contributed by atoms with Gasteiger partial charge in [0.1, 0.15) is 0 Å². The Morgan fingerprint density at radius 3 is 2.50 bits per heavy atom. The van der Waals surface area contributed by atoms with Crippen LogP contribution in [0.3, 0.4) is 0 Å². The molecule has 0 fully saturated rings. The maximum atomic E-state index is 11.7. The highest BCUT2D eigenvalue weighted by Crippen LogP contribution is 2.15. The predicted molar refractivity (Wildman–Crippen MR) is 77.4 cm³/mol. The normalized spacial score (nSPS) is 11.1. The van der Waals surface area contributed by atoms with Gasteiger partial charge >= 0.3 is 0 Å². The molecular formula is C13H16ClNO4S. The first-order valence-corrected chi connectivity index (χ1v) is 8.27. The number of hydrogen-bond acceptors (Lipinski definition) is 4. The van der Waals surface area contributed by atoms with Gasteiger partial charge in [-0.25, -0.2) is 8.42 Å². The van der Waals surface area contributed by atoms with Gasteiger partial charge in [-0.3, -0.25) is 4.79 Å². The van der Waals surface area contributed by atoms with E-state index in [4.69, 9.17) is 15.4 Å². The van der Waals surface area contributed by atoms with Gasteiger partial charge in [0.05, 0.1) is 18.1 Å². The summed E-state index contributed by atoms with van der Waals surface area (Å²) in [5.41, 5.74) is 0.361. The van der Waals surface area contributed by atoms with E-state index >= 15 is 0 Å².